The van der Waals surface area contributed by atoms with Gasteiger partial charge in [-0.25, -0.2) is 4.39 Å². The molecule has 0 unspecified atom stereocenters. The Hall–Kier alpha value is -2.43. The number of nitrogens with one attached hydrogen (secondary N) is 1. The second kappa shape index (κ2) is 6.83. The van der Waals surface area contributed by atoms with Crippen molar-refractivity contribution in [2.45, 2.75) is 13.8 Å². The zero-order valence-corrected chi connectivity index (χ0v) is 12.1. The van der Waals surface area contributed by atoms with Gasteiger partial charge in [-0.2, -0.15) is 0 Å². The molecule has 1 aromatic carbocycles. The SMILES string of the molecule is CCNc1ccncc1C(=O)N(CC)c1ccc(F)cc1. The summed E-state index contributed by atoms with van der Waals surface area (Å²) in [5.74, 6) is -0.481. The van der Waals surface area contributed by atoms with Crippen LogP contribution in [0.4, 0.5) is 15.8 Å². The number of pyridine rings is 1. The smallest absolute Gasteiger partial charge is 0.261 e. The van der Waals surface area contributed by atoms with Crippen LogP contribution in [0.15, 0.2) is 42.7 Å². The highest BCUT2D eigenvalue weighted by atomic mass is 19.1. The Morgan fingerprint density at radius 1 is 1.24 bits per heavy atom. The Labute approximate surface area is 123 Å². The van der Waals surface area contributed by atoms with Crippen LogP contribution in [0.25, 0.3) is 0 Å². The molecule has 2 rings (SSSR count). The Morgan fingerprint density at radius 3 is 2.57 bits per heavy atom. The Morgan fingerprint density at radius 2 is 1.95 bits per heavy atom. The van der Waals surface area contributed by atoms with E-state index in [1.807, 2.05) is 13.8 Å². The molecule has 1 N–H and O–H groups in total. The third-order valence-corrected chi connectivity index (χ3v) is 3.12. The lowest BCUT2D eigenvalue weighted by molar-refractivity contribution is 0.0988. The Balaban J connectivity index is 2.34. The molecule has 110 valence electrons. The van der Waals surface area contributed by atoms with Gasteiger partial charge < -0.3 is 10.2 Å². The van der Waals surface area contributed by atoms with Crippen LogP contribution in [0.1, 0.15) is 24.2 Å². The topological polar surface area (TPSA) is 45.2 Å². The van der Waals surface area contributed by atoms with Crippen LogP contribution in [0, 0.1) is 5.82 Å². The van der Waals surface area contributed by atoms with Gasteiger partial charge in [0.15, 0.2) is 0 Å². The molecule has 21 heavy (non-hydrogen) atoms. The van der Waals surface area contributed by atoms with Crippen LogP contribution in [-0.4, -0.2) is 24.0 Å². The van der Waals surface area contributed by atoms with E-state index < -0.39 is 0 Å². The maximum atomic E-state index is 13.0. The van der Waals surface area contributed by atoms with Gasteiger partial charge in [0, 0.05) is 31.2 Å². The summed E-state index contributed by atoms with van der Waals surface area (Å²) in [6.07, 6.45) is 3.19. The van der Waals surface area contributed by atoms with Crippen molar-refractivity contribution in [3.8, 4) is 0 Å². The summed E-state index contributed by atoms with van der Waals surface area (Å²) in [6.45, 7) is 5.05. The molecular weight excluding hydrogens is 269 g/mol. The monoisotopic (exact) mass is 287 g/mol. The molecule has 0 spiro atoms. The van der Waals surface area contributed by atoms with Crippen molar-refractivity contribution in [3.05, 3.63) is 54.1 Å². The van der Waals surface area contributed by atoms with Gasteiger partial charge in [0.1, 0.15) is 5.82 Å². The number of hydrogen-bond donors (Lipinski definition) is 1. The van der Waals surface area contributed by atoms with E-state index in [0.29, 0.717) is 24.3 Å². The van der Waals surface area contributed by atoms with E-state index in [2.05, 4.69) is 10.3 Å². The third-order valence-electron chi connectivity index (χ3n) is 3.12. The lowest BCUT2D eigenvalue weighted by Crippen LogP contribution is -2.31. The first-order valence-electron chi connectivity index (χ1n) is 6.92. The summed E-state index contributed by atoms with van der Waals surface area (Å²) < 4.78 is 13.0. The summed E-state index contributed by atoms with van der Waals surface area (Å²) >= 11 is 0. The molecule has 0 aliphatic rings. The Kier molecular flexibility index (Phi) is 4.87. The molecule has 0 aliphatic carbocycles. The second-order valence-electron chi connectivity index (χ2n) is 4.48. The minimum atomic E-state index is -0.322. The summed E-state index contributed by atoms with van der Waals surface area (Å²) in [4.78, 5) is 18.3. The van der Waals surface area contributed by atoms with Crippen molar-refractivity contribution in [1.82, 2.24) is 4.98 Å². The van der Waals surface area contributed by atoms with E-state index in [1.54, 1.807) is 35.5 Å². The van der Waals surface area contributed by atoms with Gasteiger partial charge in [-0.05, 0) is 44.2 Å². The van der Waals surface area contributed by atoms with Gasteiger partial charge in [0.05, 0.1) is 11.3 Å². The quantitative estimate of drug-likeness (QED) is 0.917. The van der Waals surface area contributed by atoms with Crippen molar-refractivity contribution in [2.75, 3.05) is 23.3 Å². The maximum absolute atomic E-state index is 13.0. The molecule has 1 heterocycles. The first-order valence-corrected chi connectivity index (χ1v) is 6.92. The average molecular weight is 287 g/mol. The van der Waals surface area contributed by atoms with Crippen LogP contribution in [0.3, 0.4) is 0 Å². The lowest BCUT2D eigenvalue weighted by atomic mass is 10.2. The van der Waals surface area contributed by atoms with E-state index in [4.69, 9.17) is 0 Å². The van der Waals surface area contributed by atoms with Crippen LogP contribution in [-0.2, 0) is 0 Å². The predicted molar refractivity (Wildman–Crippen MR) is 82.2 cm³/mol. The van der Waals surface area contributed by atoms with Crippen molar-refractivity contribution in [3.63, 3.8) is 0 Å². The molecule has 1 aromatic heterocycles. The lowest BCUT2D eigenvalue weighted by Gasteiger charge is -2.22. The highest BCUT2D eigenvalue weighted by molar-refractivity contribution is 6.09. The molecule has 0 aliphatic heterocycles. The van der Waals surface area contributed by atoms with Crippen LogP contribution >= 0.6 is 0 Å². The van der Waals surface area contributed by atoms with Gasteiger partial charge in [-0.15, -0.1) is 0 Å². The number of nitrogens with zero attached hydrogens (tertiary/aromatic N) is 2. The molecule has 0 saturated carbocycles. The molecule has 5 heteroatoms. The number of amides is 1. The second-order valence-corrected chi connectivity index (χ2v) is 4.48. The number of benzene rings is 1. The van der Waals surface area contributed by atoms with Crippen molar-refractivity contribution < 1.29 is 9.18 Å². The molecule has 0 bridgehead atoms. The minimum Gasteiger partial charge on any atom is -0.385 e. The fraction of sp³-hybridized carbons (Fsp3) is 0.250. The van der Waals surface area contributed by atoms with Gasteiger partial charge in [-0.1, -0.05) is 0 Å². The molecule has 0 saturated heterocycles. The van der Waals surface area contributed by atoms with Crippen LogP contribution < -0.4 is 10.2 Å². The van der Waals surface area contributed by atoms with Gasteiger partial charge in [-0.3, -0.25) is 9.78 Å². The van der Waals surface area contributed by atoms with E-state index in [-0.39, 0.29) is 11.7 Å². The molecule has 0 radical (unpaired) electrons. The molecule has 2 aromatic rings. The fourth-order valence-corrected chi connectivity index (χ4v) is 2.12. The maximum Gasteiger partial charge on any atom is 0.261 e. The predicted octanol–water partition coefficient (Wildman–Crippen LogP) is 3.32. The summed E-state index contributed by atoms with van der Waals surface area (Å²) in [6, 6.07) is 7.66. The number of hydrogen-bond acceptors (Lipinski definition) is 3. The van der Waals surface area contributed by atoms with Gasteiger partial charge >= 0.3 is 0 Å². The van der Waals surface area contributed by atoms with E-state index >= 15 is 0 Å². The van der Waals surface area contributed by atoms with Crippen LogP contribution in [0.5, 0.6) is 0 Å². The fourth-order valence-electron chi connectivity index (χ4n) is 2.12. The first kappa shape index (κ1) is 15.0. The van der Waals surface area contributed by atoms with Gasteiger partial charge in [0.25, 0.3) is 5.91 Å². The molecule has 0 fully saturated rings. The summed E-state index contributed by atoms with van der Waals surface area (Å²) in [7, 11) is 0. The number of aromatic nitrogens is 1. The zero-order chi connectivity index (χ0) is 15.2. The standard InChI is InChI=1S/C16H18FN3O/c1-3-19-15-9-10-18-11-14(15)16(21)20(4-2)13-7-5-12(17)6-8-13/h5-11H,3-4H2,1-2H3,(H,18,19). The number of carbonyl (C=O) groups excluding carboxylic acids is 1. The largest absolute Gasteiger partial charge is 0.385 e. The number of rotatable bonds is 5. The number of carbonyl (C=O) groups is 1. The first-order chi connectivity index (χ1) is 10.2. The van der Waals surface area contributed by atoms with E-state index in [0.717, 1.165) is 5.69 Å². The van der Waals surface area contributed by atoms with Crippen molar-refractivity contribution in [2.24, 2.45) is 0 Å². The Bertz CT molecular complexity index is 613. The van der Waals surface area contributed by atoms with E-state index in [1.165, 1.54) is 12.1 Å². The van der Waals surface area contributed by atoms with E-state index in [9.17, 15) is 9.18 Å². The van der Waals surface area contributed by atoms with Crippen molar-refractivity contribution >= 4 is 17.3 Å². The zero-order valence-electron chi connectivity index (χ0n) is 12.1. The van der Waals surface area contributed by atoms with Gasteiger partial charge in [0.2, 0.25) is 0 Å². The highest BCUT2D eigenvalue weighted by Crippen LogP contribution is 2.21. The summed E-state index contributed by atoms with van der Waals surface area (Å²) in [5.41, 5.74) is 1.92. The summed E-state index contributed by atoms with van der Waals surface area (Å²) in [5, 5.41) is 3.15. The molecule has 1 amide bonds. The van der Waals surface area contributed by atoms with Crippen molar-refractivity contribution in [1.29, 1.82) is 0 Å². The number of halogens is 1. The number of anilines is 2. The third kappa shape index (κ3) is 3.37. The van der Waals surface area contributed by atoms with Crippen LogP contribution in [0.2, 0.25) is 0 Å². The highest BCUT2D eigenvalue weighted by Gasteiger charge is 2.19. The average Bonchev–Trinajstić information content (AvgIpc) is 2.50. The molecule has 0 atom stereocenters. The normalized spacial score (nSPS) is 10.2. The molecule has 4 nitrogen and oxygen atoms in total. The minimum absolute atomic E-state index is 0.159. The molecular formula is C16H18FN3O.